The van der Waals surface area contributed by atoms with Crippen molar-refractivity contribution in [1.82, 2.24) is 5.32 Å². The van der Waals surface area contributed by atoms with Crippen LogP contribution >= 0.6 is 23.8 Å². The van der Waals surface area contributed by atoms with Crippen molar-refractivity contribution in [3.8, 4) is 6.07 Å². The van der Waals surface area contributed by atoms with E-state index >= 15 is 0 Å². The van der Waals surface area contributed by atoms with E-state index < -0.39 is 23.4 Å². The van der Waals surface area contributed by atoms with Gasteiger partial charge in [-0.05, 0) is 45.4 Å². The third-order valence-corrected chi connectivity index (χ3v) is 4.24. The Hall–Kier alpha value is -1.90. The number of nitriles is 1. The third-order valence-electron chi connectivity index (χ3n) is 3.63. The molecule has 1 aromatic rings. The summed E-state index contributed by atoms with van der Waals surface area (Å²) in [6.07, 6.45) is 0. The van der Waals surface area contributed by atoms with Gasteiger partial charge in [-0.3, -0.25) is 0 Å². The maximum Gasteiger partial charge on any atom is 0.336 e. The fraction of sp³-hybridized carbons (Fsp3) is 0.389. The van der Waals surface area contributed by atoms with Gasteiger partial charge in [-0.2, -0.15) is 5.26 Å². The van der Waals surface area contributed by atoms with Crippen molar-refractivity contribution in [2.75, 3.05) is 0 Å². The van der Waals surface area contributed by atoms with Crippen LogP contribution in [0.3, 0.4) is 0 Å². The molecule has 1 aromatic carbocycles. The second-order valence-corrected chi connectivity index (χ2v) is 7.54. The topological polar surface area (TPSA) is 62.1 Å². The first-order valence-corrected chi connectivity index (χ1v) is 8.32. The van der Waals surface area contributed by atoms with Crippen LogP contribution in [0.25, 0.3) is 0 Å². The van der Waals surface area contributed by atoms with Gasteiger partial charge in [0.25, 0.3) is 0 Å². The Morgan fingerprint density at radius 2 is 1.92 bits per heavy atom. The lowest BCUT2D eigenvalue weighted by Gasteiger charge is -2.33. The lowest BCUT2D eigenvalue weighted by atomic mass is 9.78. The molecule has 0 aliphatic carbocycles. The zero-order chi connectivity index (χ0) is 18.1. The maximum absolute atomic E-state index is 12.7. The Bertz CT molecular complexity index is 742. The molecule has 2 rings (SSSR count). The highest BCUT2D eigenvalue weighted by molar-refractivity contribution is 7.80. The first-order chi connectivity index (χ1) is 11.1. The third kappa shape index (κ3) is 3.95. The Balaban J connectivity index is 2.56. The summed E-state index contributed by atoms with van der Waals surface area (Å²) in [5, 5.41) is 13.1. The zero-order valence-corrected chi connectivity index (χ0v) is 15.6. The number of thiocarbonyl (C=S) groups is 1. The molecule has 126 valence electrons. The molecule has 6 heteroatoms. The van der Waals surface area contributed by atoms with E-state index in [1.807, 2.05) is 12.1 Å². The lowest BCUT2D eigenvalue weighted by Crippen LogP contribution is -2.41. The second kappa shape index (κ2) is 6.92. The van der Waals surface area contributed by atoms with E-state index in [4.69, 9.17) is 28.6 Å². The zero-order valence-electron chi connectivity index (χ0n) is 14.0. The molecule has 1 heterocycles. The Morgan fingerprint density at radius 3 is 2.42 bits per heavy atom. The first kappa shape index (κ1) is 18.4. The summed E-state index contributed by atoms with van der Waals surface area (Å²) in [5.74, 6) is -1.58. The van der Waals surface area contributed by atoms with Gasteiger partial charge in [0.2, 0.25) is 0 Å². The molecular weight excluding hydrogens is 344 g/mol. The van der Waals surface area contributed by atoms with E-state index in [9.17, 15) is 10.1 Å². The molecule has 1 aliphatic heterocycles. The van der Waals surface area contributed by atoms with Crippen LogP contribution in [-0.2, 0) is 9.53 Å². The monoisotopic (exact) mass is 362 g/mol. The van der Waals surface area contributed by atoms with Crippen LogP contribution in [0.5, 0.6) is 0 Å². The molecule has 0 bridgehead atoms. The fourth-order valence-electron chi connectivity index (χ4n) is 2.66. The molecule has 0 amide bonds. The molecule has 2 unspecified atom stereocenters. The molecular formula is C18H19ClN2O2S. The molecule has 0 radical (unpaired) electrons. The lowest BCUT2D eigenvalue weighted by molar-refractivity contribution is -0.150. The minimum absolute atomic E-state index is 0.405. The van der Waals surface area contributed by atoms with Gasteiger partial charge < -0.3 is 10.1 Å². The molecule has 24 heavy (non-hydrogen) atoms. The number of carbonyl (C=O) groups excluding carboxylic acids is 1. The normalized spacial score (nSPS) is 21.1. The number of halogens is 1. The van der Waals surface area contributed by atoms with Gasteiger partial charge in [-0.15, -0.1) is 0 Å². The second-order valence-electron chi connectivity index (χ2n) is 6.67. The van der Waals surface area contributed by atoms with Crippen molar-refractivity contribution in [3.63, 3.8) is 0 Å². The summed E-state index contributed by atoms with van der Waals surface area (Å²) in [5.41, 5.74) is 1.21. The molecule has 1 N–H and O–H groups in total. The summed E-state index contributed by atoms with van der Waals surface area (Å²) in [7, 11) is 0. The average Bonchev–Trinajstić information content (AvgIpc) is 2.45. The molecule has 0 saturated carbocycles. The largest absolute Gasteiger partial charge is 0.457 e. The van der Waals surface area contributed by atoms with Crippen molar-refractivity contribution >= 4 is 34.8 Å². The van der Waals surface area contributed by atoms with Gasteiger partial charge in [0.15, 0.2) is 0 Å². The van der Waals surface area contributed by atoms with E-state index in [1.54, 1.807) is 39.8 Å². The van der Waals surface area contributed by atoms with E-state index in [-0.39, 0.29) is 0 Å². The van der Waals surface area contributed by atoms with Crippen LogP contribution in [0.2, 0.25) is 5.02 Å². The number of allylic oxidation sites excluding steroid dienone is 1. The van der Waals surface area contributed by atoms with Crippen molar-refractivity contribution < 1.29 is 9.53 Å². The van der Waals surface area contributed by atoms with Gasteiger partial charge in [-0.1, -0.05) is 36.0 Å². The van der Waals surface area contributed by atoms with Crippen LogP contribution < -0.4 is 5.32 Å². The number of hydrogen-bond donors (Lipinski definition) is 1. The Morgan fingerprint density at radius 1 is 1.33 bits per heavy atom. The minimum Gasteiger partial charge on any atom is -0.457 e. The van der Waals surface area contributed by atoms with E-state index in [0.29, 0.717) is 21.3 Å². The van der Waals surface area contributed by atoms with Gasteiger partial charge in [-0.25, -0.2) is 4.79 Å². The smallest absolute Gasteiger partial charge is 0.336 e. The van der Waals surface area contributed by atoms with Gasteiger partial charge in [0.1, 0.15) is 11.5 Å². The number of nitrogens with one attached hydrogen (secondary N) is 1. The summed E-state index contributed by atoms with van der Waals surface area (Å²) in [4.78, 5) is 13.1. The van der Waals surface area contributed by atoms with E-state index in [1.165, 1.54) is 0 Å². The quantitative estimate of drug-likeness (QED) is 0.633. The van der Waals surface area contributed by atoms with E-state index in [0.717, 1.165) is 5.56 Å². The van der Waals surface area contributed by atoms with Crippen molar-refractivity contribution in [2.45, 2.75) is 39.2 Å². The number of hydrogen-bond acceptors (Lipinski definition) is 4. The number of esters is 1. The van der Waals surface area contributed by atoms with Crippen LogP contribution in [0.1, 0.15) is 39.2 Å². The maximum atomic E-state index is 12.7. The summed E-state index contributed by atoms with van der Waals surface area (Å²) in [6, 6.07) is 9.29. The molecule has 0 aromatic heterocycles. The summed E-state index contributed by atoms with van der Waals surface area (Å²) < 4.78 is 5.54. The van der Waals surface area contributed by atoms with Crippen molar-refractivity contribution in [2.24, 2.45) is 5.92 Å². The first-order valence-electron chi connectivity index (χ1n) is 7.54. The number of carbonyl (C=O) groups is 1. The van der Waals surface area contributed by atoms with Gasteiger partial charge >= 0.3 is 5.97 Å². The molecule has 1 aliphatic rings. The molecule has 0 saturated heterocycles. The number of rotatable bonds is 2. The standard InChI is InChI=1S/C18H19ClN2O2S/c1-10-14(17(22)23-18(2,3)4)15(13(9-20)16(24)21-10)11-5-7-12(19)8-6-11/h5-8,13,15H,1-4H3,(H,21,24). The highest BCUT2D eigenvalue weighted by Gasteiger charge is 2.40. The SMILES string of the molecule is CC1=C(C(=O)OC(C)(C)C)C(c2ccc(Cl)cc2)C(C#N)C(=S)N1. The number of ether oxygens (including phenoxy) is 1. The van der Waals surface area contributed by atoms with Crippen LogP contribution in [0.15, 0.2) is 35.5 Å². The number of benzene rings is 1. The average molecular weight is 363 g/mol. The van der Waals surface area contributed by atoms with Gasteiger partial charge in [0.05, 0.1) is 16.6 Å². The fourth-order valence-corrected chi connectivity index (χ4v) is 3.12. The summed E-state index contributed by atoms with van der Waals surface area (Å²) >= 11 is 11.3. The Labute approximate surface area is 152 Å². The van der Waals surface area contributed by atoms with Gasteiger partial charge in [0, 0.05) is 16.6 Å². The molecule has 2 atom stereocenters. The number of nitrogens with zero attached hydrogens (tertiary/aromatic N) is 1. The van der Waals surface area contributed by atoms with Crippen LogP contribution in [-0.4, -0.2) is 16.6 Å². The summed E-state index contributed by atoms with van der Waals surface area (Å²) in [6.45, 7) is 7.18. The predicted molar refractivity (Wildman–Crippen MR) is 97.6 cm³/mol. The predicted octanol–water partition coefficient (Wildman–Crippen LogP) is 4.11. The Kier molecular flexibility index (Phi) is 5.32. The minimum atomic E-state index is -0.646. The molecule has 0 fully saturated rings. The van der Waals surface area contributed by atoms with Crippen molar-refractivity contribution in [1.29, 1.82) is 5.26 Å². The van der Waals surface area contributed by atoms with Crippen LogP contribution in [0.4, 0.5) is 0 Å². The van der Waals surface area contributed by atoms with Crippen LogP contribution in [0, 0.1) is 17.2 Å². The van der Waals surface area contributed by atoms with Crippen molar-refractivity contribution in [3.05, 3.63) is 46.1 Å². The molecule has 0 spiro atoms. The van der Waals surface area contributed by atoms with E-state index in [2.05, 4.69) is 11.4 Å². The highest BCUT2D eigenvalue weighted by Crippen LogP contribution is 2.38. The molecule has 4 nitrogen and oxygen atoms in total. The highest BCUT2D eigenvalue weighted by atomic mass is 35.5.